The molecule has 0 unspecified atom stereocenters. The molecule has 0 radical (unpaired) electrons. The Morgan fingerprint density at radius 2 is 2.23 bits per heavy atom. The second-order valence-electron chi connectivity index (χ2n) is 6.45. The number of nitrogens with zero attached hydrogens (tertiary/aromatic N) is 4. The predicted octanol–water partition coefficient (Wildman–Crippen LogP) is 3.25. The number of aromatic nitrogens is 4. The molecule has 0 aliphatic carbocycles. The van der Waals surface area contributed by atoms with E-state index >= 15 is 0 Å². The summed E-state index contributed by atoms with van der Waals surface area (Å²) in [6.07, 6.45) is 2.22. The van der Waals surface area contributed by atoms with E-state index in [0.29, 0.717) is 28.6 Å². The van der Waals surface area contributed by atoms with Crippen LogP contribution in [0.2, 0.25) is 0 Å². The lowest BCUT2D eigenvalue weighted by molar-refractivity contribution is -0.120. The summed E-state index contributed by atoms with van der Waals surface area (Å²) in [5, 5.41) is 12.1. The van der Waals surface area contributed by atoms with E-state index in [4.69, 9.17) is 12.2 Å². The summed E-state index contributed by atoms with van der Waals surface area (Å²) >= 11 is 8.03. The van der Waals surface area contributed by atoms with Crippen molar-refractivity contribution in [1.29, 1.82) is 0 Å². The number of carbonyl (C=O) groups is 2. The predicted molar refractivity (Wildman–Crippen MR) is 121 cm³/mol. The van der Waals surface area contributed by atoms with E-state index in [1.807, 2.05) is 34.2 Å². The van der Waals surface area contributed by atoms with Gasteiger partial charge in [0.05, 0.1) is 23.6 Å². The van der Waals surface area contributed by atoms with Crippen LogP contribution in [-0.2, 0) is 22.6 Å². The Morgan fingerprint density at radius 1 is 1.40 bits per heavy atom. The molecular formula is C19H18N6O2S3. The maximum atomic E-state index is 12.6. The van der Waals surface area contributed by atoms with E-state index < -0.39 is 0 Å². The smallest absolute Gasteiger partial charge is 0.246 e. The van der Waals surface area contributed by atoms with E-state index in [9.17, 15) is 9.59 Å². The fraction of sp³-hybridized carbons (Fsp3) is 0.211. The van der Waals surface area contributed by atoms with Crippen molar-refractivity contribution in [3.8, 4) is 0 Å². The van der Waals surface area contributed by atoms with E-state index in [0.717, 1.165) is 22.1 Å². The molecule has 4 rings (SSSR count). The zero-order valence-electron chi connectivity index (χ0n) is 15.8. The minimum absolute atomic E-state index is 0.0523. The van der Waals surface area contributed by atoms with Crippen LogP contribution in [0, 0.1) is 4.77 Å². The first-order valence-corrected chi connectivity index (χ1v) is 11.3. The van der Waals surface area contributed by atoms with E-state index in [2.05, 4.69) is 27.1 Å². The molecule has 0 bridgehead atoms. The highest BCUT2D eigenvalue weighted by molar-refractivity contribution is 8.00. The molecule has 8 nitrogen and oxygen atoms in total. The second-order valence-corrected chi connectivity index (χ2v) is 8.71. The Morgan fingerprint density at radius 3 is 3.07 bits per heavy atom. The molecule has 11 heteroatoms. The number of fused-ring (bicyclic) bond motifs is 1. The molecule has 0 saturated carbocycles. The van der Waals surface area contributed by atoms with Crippen molar-refractivity contribution in [2.45, 2.75) is 17.9 Å². The van der Waals surface area contributed by atoms with Crippen molar-refractivity contribution < 1.29 is 9.59 Å². The van der Waals surface area contributed by atoms with Gasteiger partial charge in [0.1, 0.15) is 12.4 Å². The first-order chi connectivity index (χ1) is 14.5. The van der Waals surface area contributed by atoms with E-state index in [1.165, 1.54) is 28.0 Å². The molecule has 2 aromatic heterocycles. The number of hydrogen-bond donors (Lipinski definition) is 2. The van der Waals surface area contributed by atoms with E-state index in [1.54, 1.807) is 6.08 Å². The van der Waals surface area contributed by atoms with Gasteiger partial charge in [-0.1, -0.05) is 18.2 Å². The zero-order chi connectivity index (χ0) is 21.1. The van der Waals surface area contributed by atoms with Crippen molar-refractivity contribution in [1.82, 2.24) is 19.7 Å². The summed E-state index contributed by atoms with van der Waals surface area (Å²) < 4.78 is 2.37. The van der Waals surface area contributed by atoms with Crippen LogP contribution in [0.3, 0.4) is 0 Å². The number of thiazole rings is 1. The van der Waals surface area contributed by atoms with Crippen LogP contribution in [0.4, 0.5) is 10.8 Å². The summed E-state index contributed by atoms with van der Waals surface area (Å²) in [5.41, 5.74) is 1.53. The number of para-hydroxylation sites is 1. The lowest BCUT2D eigenvalue weighted by atomic mass is 10.2. The maximum absolute atomic E-state index is 12.6. The Labute approximate surface area is 186 Å². The monoisotopic (exact) mass is 458 g/mol. The Hall–Kier alpha value is -2.76. The van der Waals surface area contributed by atoms with Gasteiger partial charge in [0, 0.05) is 16.8 Å². The van der Waals surface area contributed by atoms with Crippen LogP contribution in [0.15, 0.2) is 47.2 Å². The van der Waals surface area contributed by atoms with Crippen LogP contribution in [0.1, 0.15) is 11.5 Å². The molecule has 30 heavy (non-hydrogen) atoms. The molecule has 3 heterocycles. The first-order valence-electron chi connectivity index (χ1n) is 9.06. The highest BCUT2D eigenvalue weighted by Gasteiger charge is 2.26. The number of nitrogens with one attached hydrogen (secondary N) is 2. The third-order valence-electron chi connectivity index (χ3n) is 4.40. The maximum Gasteiger partial charge on any atom is 0.246 e. The number of amides is 2. The third-order valence-corrected chi connectivity index (χ3v) is 6.56. The molecule has 1 aromatic carbocycles. The fourth-order valence-corrected chi connectivity index (χ4v) is 4.93. The number of hydrogen-bond acceptors (Lipinski definition) is 7. The van der Waals surface area contributed by atoms with Crippen LogP contribution >= 0.6 is 35.3 Å². The first kappa shape index (κ1) is 20.5. The van der Waals surface area contributed by atoms with Crippen LogP contribution in [-0.4, -0.2) is 43.9 Å². The second kappa shape index (κ2) is 8.94. The molecule has 0 saturated heterocycles. The van der Waals surface area contributed by atoms with Crippen molar-refractivity contribution in [2.75, 3.05) is 22.5 Å². The lowest BCUT2D eigenvalue weighted by Gasteiger charge is -2.28. The Balaban J connectivity index is 1.42. The molecule has 1 aliphatic rings. The zero-order valence-corrected chi connectivity index (χ0v) is 18.3. The molecular weight excluding hydrogens is 440 g/mol. The standard InChI is InChI=1S/C19H18N6O2S3/c1-2-7-24-15(22-23-19(24)28)8-12-10-30-18(20-12)21-16(26)9-25-13-5-3-4-6-14(13)29-11-17(25)27/h2-6,10H,1,7-9,11H2,(H,23,28)(H,20,21,26). The molecule has 0 atom stereocenters. The summed E-state index contributed by atoms with van der Waals surface area (Å²) in [6.45, 7) is 4.24. The van der Waals surface area contributed by atoms with Crippen molar-refractivity contribution in [3.05, 3.63) is 58.6 Å². The lowest BCUT2D eigenvalue weighted by Crippen LogP contribution is -2.41. The highest BCUT2D eigenvalue weighted by atomic mass is 32.2. The number of carbonyl (C=O) groups excluding carboxylic acids is 2. The molecule has 2 N–H and O–H groups in total. The number of allylic oxidation sites excluding steroid dienone is 1. The third kappa shape index (κ3) is 4.37. The summed E-state index contributed by atoms with van der Waals surface area (Å²) in [4.78, 5) is 31.9. The minimum atomic E-state index is -0.291. The van der Waals surface area contributed by atoms with Gasteiger partial charge in [-0.3, -0.25) is 19.3 Å². The highest BCUT2D eigenvalue weighted by Crippen LogP contribution is 2.34. The average molecular weight is 459 g/mol. The number of H-pyrrole nitrogens is 1. The fourth-order valence-electron chi connectivity index (χ4n) is 3.04. The van der Waals surface area contributed by atoms with Gasteiger partial charge >= 0.3 is 0 Å². The Bertz CT molecular complexity index is 1160. The number of rotatable bonds is 7. The Kier molecular flexibility index (Phi) is 6.11. The summed E-state index contributed by atoms with van der Waals surface area (Å²) in [5.74, 6) is 0.695. The number of aromatic amines is 1. The molecule has 154 valence electrons. The van der Waals surface area contributed by atoms with Gasteiger partial charge in [-0.2, -0.15) is 5.10 Å². The average Bonchev–Trinajstić information content (AvgIpc) is 3.32. The van der Waals surface area contributed by atoms with Gasteiger partial charge in [0.15, 0.2) is 9.90 Å². The van der Waals surface area contributed by atoms with Crippen molar-refractivity contribution >= 4 is 57.9 Å². The van der Waals surface area contributed by atoms with E-state index in [-0.39, 0.29) is 18.4 Å². The normalized spacial score (nSPS) is 13.2. The SMILES string of the molecule is C=CCn1c(Cc2csc(NC(=O)CN3C(=O)CSc4ccccc43)n2)n[nH]c1=S. The van der Waals surface area contributed by atoms with Gasteiger partial charge in [-0.25, -0.2) is 4.98 Å². The minimum Gasteiger partial charge on any atom is -0.301 e. The van der Waals surface area contributed by atoms with Gasteiger partial charge in [-0.15, -0.1) is 29.7 Å². The molecule has 0 fully saturated rings. The van der Waals surface area contributed by atoms with Gasteiger partial charge in [-0.05, 0) is 24.4 Å². The van der Waals surface area contributed by atoms with Crippen LogP contribution < -0.4 is 10.2 Å². The van der Waals surface area contributed by atoms with Crippen LogP contribution in [0.25, 0.3) is 0 Å². The number of benzene rings is 1. The van der Waals surface area contributed by atoms with Gasteiger partial charge in [0.25, 0.3) is 0 Å². The van der Waals surface area contributed by atoms with Crippen molar-refractivity contribution in [2.24, 2.45) is 0 Å². The quantitative estimate of drug-likeness (QED) is 0.417. The largest absolute Gasteiger partial charge is 0.301 e. The summed E-state index contributed by atoms with van der Waals surface area (Å²) in [6, 6.07) is 7.58. The summed E-state index contributed by atoms with van der Waals surface area (Å²) in [7, 11) is 0. The number of thioether (sulfide) groups is 1. The van der Waals surface area contributed by atoms with Gasteiger partial charge < -0.3 is 10.2 Å². The molecule has 2 amide bonds. The van der Waals surface area contributed by atoms with Gasteiger partial charge in [0.2, 0.25) is 11.8 Å². The molecule has 0 spiro atoms. The van der Waals surface area contributed by atoms with Crippen molar-refractivity contribution in [3.63, 3.8) is 0 Å². The van der Waals surface area contributed by atoms with Crippen LogP contribution in [0.5, 0.6) is 0 Å². The topological polar surface area (TPSA) is 95.9 Å². The molecule has 3 aromatic rings. The molecule has 1 aliphatic heterocycles. The number of anilines is 2.